The van der Waals surface area contributed by atoms with Crippen LogP contribution >= 0.6 is 0 Å². The molecule has 4 nitrogen and oxygen atoms in total. The van der Waals surface area contributed by atoms with E-state index in [4.69, 9.17) is 14.9 Å². The molecule has 1 unspecified atom stereocenters. The van der Waals surface area contributed by atoms with Crippen LogP contribution in [-0.2, 0) is 17.8 Å². The normalized spacial score (nSPS) is 17.3. The summed E-state index contributed by atoms with van der Waals surface area (Å²) in [6.45, 7) is 5.42. The van der Waals surface area contributed by atoms with E-state index in [1.54, 1.807) is 13.4 Å². The van der Waals surface area contributed by atoms with Gasteiger partial charge >= 0.3 is 0 Å². The summed E-state index contributed by atoms with van der Waals surface area (Å²) < 4.78 is 10.6. The highest BCUT2D eigenvalue weighted by Crippen LogP contribution is 2.35. The topological polar surface area (TPSA) is 51.6 Å². The number of furan rings is 1. The minimum atomic E-state index is 0.470. The Morgan fingerprint density at radius 2 is 2.33 bits per heavy atom. The Bertz CT molecular complexity index is 360. The Balaban J connectivity index is 1.99. The Morgan fingerprint density at radius 3 is 2.94 bits per heavy atom. The Kier molecular flexibility index (Phi) is 4.80. The minimum Gasteiger partial charge on any atom is -0.468 e. The number of nitrogens with zero attached hydrogens (tertiary/aromatic N) is 1. The van der Waals surface area contributed by atoms with Crippen LogP contribution in [-0.4, -0.2) is 31.2 Å². The van der Waals surface area contributed by atoms with E-state index >= 15 is 0 Å². The molecule has 0 amide bonds. The molecule has 4 heteroatoms. The van der Waals surface area contributed by atoms with Crippen LogP contribution in [0.4, 0.5) is 0 Å². The van der Waals surface area contributed by atoms with Crippen LogP contribution in [0.15, 0.2) is 16.7 Å². The van der Waals surface area contributed by atoms with Crippen LogP contribution in [0.2, 0.25) is 0 Å². The van der Waals surface area contributed by atoms with E-state index in [9.17, 15) is 0 Å². The van der Waals surface area contributed by atoms with Crippen molar-refractivity contribution in [1.82, 2.24) is 4.90 Å². The first-order valence-electron chi connectivity index (χ1n) is 6.74. The number of rotatable bonds is 8. The molecule has 1 atom stereocenters. The molecule has 2 N–H and O–H groups in total. The second-order valence-electron chi connectivity index (χ2n) is 5.11. The Labute approximate surface area is 109 Å². The fourth-order valence-electron chi connectivity index (χ4n) is 2.42. The fourth-order valence-corrected chi connectivity index (χ4v) is 2.42. The molecule has 1 heterocycles. The Morgan fingerprint density at radius 1 is 1.56 bits per heavy atom. The smallest absolute Gasteiger partial charge is 0.121 e. The van der Waals surface area contributed by atoms with Crippen molar-refractivity contribution in [3.05, 3.63) is 23.7 Å². The van der Waals surface area contributed by atoms with Gasteiger partial charge < -0.3 is 14.9 Å². The first-order chi connectivity index (χ1) is 8.76. The van der Waals surface area contributed by atoms with Gasteiger partial charge in [-0.1, -0.05) is 0 Å². The van der Waals surface area contributed by atoms with Gasteiger partial charge in [-0.3, -0.25) is 4.90 Å². The van der Waals surface area contributed by atoms with E-state index in [2.05, 4.69) is 11.8 Å². The maximum Gasteiger partial charge on any atom is 0.121 e. The third kappa shape index (κ3) is 3.34. The van der Waals surface area contributed by atoms with Crippen molar-refractivity contribution in [3.63, 3.8) is 0 Å². The molecule has 2 rings (SSSR count). The summed E-state index contributed by atoms with van der Waals surface area (Å²) in [6, 6.07) is 2.64. The highest BCUT2D eigenvalue weighted by atomic mass is 16.5. The molecule has 1 aromatic heterocycles. The predicted octanol–water partition coefficient (Wildman–Crippen LogP) is 1.99. The van der Waals surface area contributed by atoms with E-state index < -0.39 is 0 Å². The maximum absolute atomic E-state index is 5.68. The highest BCUT2D eigenvalue weighted by Gasteiger charge is 2.32. The largest absolute Gasteiger partial charge is 0.468 e. The van der Waals surface area contributed by atoms with Gasteiger partial charge in [0.2, 0.25) is 0 Å². The van der Waals surface area contributed by atoms with E-state index in [-0.39, 0.29) is 0 Å². The summed E-state index contributed by atoms with van der Waals surface area (Å²) >= 11 is 0. The van der Waals surface area contributed by atoms with Crippen LogP contribution in [0.1, 0.15) is 31.1 Å². The summed E-state index contributed by atoms with van der Waals surface area (Å²) in [6.07, 6.45) is 4.45. The molecular formula is C14H24N2O2. The average Bonchev–Trinajstić information content (AvgIpc) is 3.14. The second-order valence-corrected chi connectivity index (χ2v) is 5.11. The van der Waals surface area contributed by atoms with Gasteiger partial charge in [0.15, 0.2) is 0 Å². The summed E-state index contributed by atoms with van der Waals surface area (Å²) in [5.41, 5.74) is 6.89. The van der Waals surface area contributed by atoms with E-state index in [0.29, 0.717) is 12.6 Å². The number of hydrogen-bond acceptors (Lipinski definition) is 4. The van der Waals surface area contributed by atoms with E-state index in [0.717, 1.165) is 31.4 Å². The molecule has 0 spiro atoms. The number of ether oxygens (including phenoxy) is 1. The van der Waals surface area contributed by atoms with Gasteiger partial charge in [-0.25, -0.2) is 0 Å². The maximum atomic E-state index is 5.68. The third-order valence-electron chi connectivity index (χ3n) is 3.86. The first-order valence-corrected chi connectivity index (χ1v) is 6.74. The molecule has 0 bridgehead atoms. The van der Waals surface area contributed by atoms with Gasteiger partial charge in [-0.2, -0.15) is 0 Å². The zero-order valence-corrected chi connectivity index (χ0v) is 11.4. The third-order valence-corrected chi connectivity index (χ3v) is 3.86. The van der Waals surface area contributed by atoms with Crippen molar-refractivity contribution in [2.45, 2.75) is 38.9 Å². The standard InChI is InChI=1S/C14H24N2O2/c1-11(12-3-4-12)16(6-8-17-2)10-13-5-7-18-14(13)9-15/h5,7,11-12H,3-4,6,8-10,15H2,1-2H3. The number of hydrogen-bond donors (Lipinski definition) is 1. The molecule has 1 aromatic rings. The van der Waals surface area contributed by atoms with Crippen LogP contribution < -0.4 is 5.73 Å². The number of methoxy groups -OCH3 is 1. The molecule has 1 fully saturated rings. The average molecular weight is 252 g/mol. The lowest BCUT2D eigenvalue weighted by Crippen LogP contribution is -2.36. The van der Waals surface area contributed by atoms with Gasteiger partial charge in [0, 0.05) is 31.8 Å². The van der Waals surface area contributed by atoms with Gasteiger partial charge in [0.1, 0.15) is 5.76 Å². The van der Waals surface area contributed by atoms with Crippen LogP contribution in [0.25, 0.3) is 0 Å². The van der Waals surface area contributed by atoms with Gasteiger partial charge in [0.05, 0.1) is 19.4 Å². The van der Waals surface area contributed by atoms with Crippen molar-refractivity contribution >= 4 is 0 Å². The molecule has 0 aliphatic heterocycles. The summed E-state index contributed by atoms with van der Waals surface area (Å²) in [4.78, 5) is 2.48. The summed E-state index contributed by atoms with van der Waals surface area (Å²) in [5.74, 6) is 1.76. The molecule has 18 heavy (non-hydrogen) atoms. The lowest BCUT2D eigenvalue weighted by molar-refractivity contribution is 0.111. The van der Waals surface area contributed by atoms with Gasteiger partial charge in [-0.15, -0.1) is 0 Å². The van der Waals surface area contributed by atoms with Gasteiger partial charge in [0.25, 0.3) is 0 Å². The monoisotopic (exact) mass is 252 g/mol. The molecule has 1 saturated carbocycles. The van der Waals surface area contributed by atoms with Gasteiger partial charge in [-0.05, 0) is 31.7 Å². The number of nitrogens with two attached hydrogens (primary N) is 1. The fraction of sp³-hybridized carbons (Fsp3) is 0.714. The second kappa shape index (κ2) is 6.36. The quantitative estimate of drug-likeness (QED) is 0.768. The van der Waals surface area contributed by atoms with Crippen molar-refractivity contribution in [3.8, 4) is 0 Å². The van der Waals surface area contributed by atoms with Crippen molar-refractivity contribution in [1.29, 1.82) is 0 Å². The molecule has 0 radical (unpaired) electrons. The van der Waals surface area contributed by atoms with Crippen molar-refractivity contribution in [2.24, 2.45) is 11.7 Å². The lowest BCUT2D eigenvalue weighted by atomic mass is 10.1. The van der Waals surface area contributed by atoms with E-state index in [1.165, 1.54) is 18.4 Å². The molecule has 0 aromatic carbocycles. The SMILES string of the molecule is COCCN(Cc1ccoc1CN)C(C)C1CC1. The van der Waals surface area contributed by atoms with E-state index in [1.807, 2.05) is 6.07 Å². The molecule has 102 valence electrons. The zero-order valence-electron chi connectivity index (χ0n) is 11.4. The molecule has 1 aliphatic rings. The lowest BCUT2D eigenvalue weighted by Gasteiger charge is -2.28. The predicted molar refractivity (Wildman–Crippen MR) is 71.1 cm³/mol. The highest BCUT2D eigenvalue weighted by molar-refractivity contribution is 5.17. The molecule has 1 aliphatic carbocycles. The Hall–Kier alpha value is -0.840. The van der Waals surface area contributed by atoms with Crippen molar-refractivity contribution in [2.75, 3.05) is 20.3 Å². The molecule has 0 saturated heterocycles. The van der Waals surface area contributed by atoms with Crippen LogP contribution in [0, 0.1) is 5.92 Å². The van der Waals surface area contributed by atoms with Crippen LogP contribution in [0.5, 0.6) is 0 Å². The first kappa shape index (κ1) is 13.6. The molecular weight excluding hydrogens is 228 g/mol. The summed E-state index contributed by atoms with van der Waals surface area (Å²) in [5, 5.41) is 0. The van der Waals surface area contributed by atoms with Crippen molar-refractivity contribution < 1.29 is 9.15 Å². The van der Waals surface area contributed by atoms with Crippen LogP contribution in [0.3, 0.4) is 0 Å². The zero-order chi connectivity index (χ0) is 13.0. The summed E-state index contributed by atoms with van der Waals surface area (Å²) in [7, 11) is 1.75. The minimum absolute atomic E-state index is 0.470.